The van der Waals surface area contributed by atoms with Crippen LogP contribution >= 0.6 is 23.5 Å². The van der Waals surface area contributed by atoms with Gasteiger partial charge in [0.25, 0.3) is 0 Å². The third-order valence-electron chi connectivity index (χ3n) is 9.68. The van der Waals surface area contributed by atoms with Crippen LogP contribution in [0.4, 0.5) is 0 Å². The maximum Gasteiger partial charge on any atom is 0.352 e. The first kappa shape index (κ1) is 40.4. The van der Waals surface area contributed by atoms with E-state index in [1.165, 1.54) is 11.8 Å². The molecule has 6 rings (SSSR count). The van der Waals surface area contributed by atoms with Crippen molar-refractivity contribution in [2.24, 2.45) is 5.73 Å². The minimum absolute atomic E-state index is 0.0880. The van der Waals surface area contributed by atoms with Crippen LogP contribution in [0.25, 0.3) is 10.8 Å². The number of aliphatic carboxylic acids is 1. The van der Waals surface area contributed by atoms with Crippen LogP contribution in [-0.4, -0.2) is 100.0 Å². The molecule has 0 radical (unpaired) electrons. The van der Waals surface area contributed by atoms with E-state index in [1.54, 1.807) is 11.8 Å². The normalized spacial score (nSPS) is 17.2. The van der Waals surface area contributed by atoms with Crippen LogP contribution in [0, 0.1) is 0 Å². The number of carbonyl (C=O) groups is 5. The molecular weight excluding hydrogens is 749 g/mol. The van der Waals surface area contributed by atoms with Crippen LogP contribution in [0.3, 0.4) is 0 Å². The molecule has 0 aliphatic carbocycles. The molecule has 2 aliphatic rings. The van der Waals surface area contributed by atoms with Gasteiger partial charge >= 0.3 is 5.97 Å². The number of fused-ring (bicyclic) bond motifs is 2. The number of benzene rings is 4. The van der Waals surface area contributed by atoms with Gasteiger partial charge in [-0.25, -0.2) is 4.79 Å². The zero-order valence-corrected chi connectivity index (χ0v) is 32.5. The summed E-state index contributed by atoms with van der Waals surface area (Å²) >= 11 is 3.10. The molecule has 2 heterocycles. The predicted molar refractivity (Wildman–Crippen MR) is 221 cm³/mol. The number of carboxylic acids is 1. The highest BCUT2D eigenvalue weighted by atomic mass is 32.2. The monoisotopic (exact) mass is 794 g/mol. The van der Waals surface area contributed by atoms with Crippen molar-refractivity contribution in [2.45, 2.75) is 42.8 Å². The number of carbonyl (C=O) groups excluding carboxylic acids is 4. The Bertz CT molecular complexity index is 2070. The number of nitrogens with zero attached hydrogens (tertiary/aromatic N) is 1. The molecule has 0 spiro atoms. The standard InChI is InChI=1S/C42H46N6O6S2/c43-23-37(50)46-35-24-48-38(42(53)54)32(26-56-41(35)48)25-55-18-17-44-39(51)33(20-27-9-3-1-4-10-27)47-40(52)34(21-28-11-5-2-6-12-28)45-36(49)22-29-15-16-30-13-7-8-14-31(30)19-29/h1-16,19,33-35,41H,17-18,20-26,43H2,(H,44,51)(H,45,49)(H,46,50)(H,47,52)(H,53,54)/t33-,34-,35-,41-/m0/s1. The zero-order chi connectivity index (χ0) is 39.4. The number of hydrogen-bond donors (Lipinski definition) is 6. The van der Waals surface area contributed by atoms with E-state index < -0.39 is 24.0 Å². The number of amides is 4. The molecule has 292 valence electrons. The van der Waals surface area contributed by atoms with Gasteiger partial charge in [-0.2, -0.15) is 11.8 Å². The average Bonchev–Trinajstić information content (AvgIpc) is 3.19. The molecule has 0 aromatic heterocycles. The van der Waals surface area contributed by atoms with E-state index in [9.17, 15) is 29.1 Å². The summed E-state index contributed by atoms with van der Waals surface area (Å²) in [5.41, 5.74) is 9.03. The molecule has 2 aliphatic heterocycles. The van der Waals surface area contributed by atoms with Crippen molar-refractivity contribution in [1.82, 2.24) is 26.2 Å². The number of hydrogen-bond acceptors (Lipinski definition) is 9. The highest BCUT2D eigenvalue weighted by molar-refractivity contribution is 8.01. The lowest BCUT2D eigenvalue weighted by atomic mass is 10.0. The van der Waals surface area contributed by atoms with Gasteiger partial charge in [0.1, 0.15) is 17.8 Å². The first-order chi connectivity index (χ1) is 27.2. The summed E-state index contributed by atoms with van der Waals surface area (Å²) in [6.07, 6.45) is 0.565. The lowest BCUT2D eigenvalue weighted by molar-refractivity contribution is -0.135. The molecule has 0 bridgehead atoms. The van der Waals surface area contributed by atoms with Crippen molar-refractivity contribution in [3.8, 4) is 0 Å². The lowest BCUT2D eigenvalue weighted by Crippen LogP contribution is -2.67. The van der Waals surface area contributed by atoms with Crippen LogP contribution in [0.15, 0.2) is 114 Å². The first-order valence-electron chi connectivity index (χ1n) is 18.5. The summed E-state index contributed by atoms with van der Waals surface area (Å²) in [6.45, 7) is 0.584. The SMILES string of the molecule is NCC(=O)N[C@H]1CN2C(C(=O)O)=C(CSCCNC(=O)[C@H](Cc3ccccc3)NC(=O)[C@H](Cc3ccccc3)NC(=O)Cc3ccc4ccccc4c3)CS[C@@H]12. The number of nitrogens with one attached hydrogen (secondary N) is 4. The van der Waals surface area contributed by atoms with Gasteiger partial charge in [-0.05, 0) is 33.0 Å². The maximum atomic E-state index is 14.0. The molecule has 56 heavy (non-hydrogen) atoms. The van der Waals surface area contributed by atoms with E-state index in [0.717, 1.165) is 33.0 Å². The Labute approximate surface area is 334 Å². The summed E-state index contributed by atoms with van der Waals surface area (Å²) in [7, 11) is 0. The Morgan fingerprint density at radius 2 is 1.43 bits per heavy atom. The molecule has 0 saturated carbocycles. The Hall–Kier alpha value is -5.31. The Balaban J connectivity index is 1.07. The topological polar surface area (TPSA) is 183 Å². The lowest BCUT2D eigenvalue weighted by Gasteiger charge is -2.52. The molecular formula is C42H46N6O6S2. The minimum atomic E-state index is -1.00. The van der Waals surface area contributed by atoms with Gasteiger partial charge in [-0.3, -0.25) is 19.2 Å². The van der Waals surface area contributed by atoms with E-state index in [0.29, 0.717) is 30.3 Å². The Kier molecular flexibility index (Phi) is 14.1. The summed E-state index contributed by atoms with van der Waals surface area (Å²) in [5.74, 6) is -0.908. The van der Waals surface area contributed by atoms with Gasteiger partial charge in [-0.15, -0.1) is 11.8 Å². The van der Waals surface area contributed by atoms with E-state index in [1.807, 2.05) is 108 Å². The average molecular weight is 795 g/mol. The summed E-state index contributed by atoms with van der Waals surface area (Å²) in [6, 6.07) is 30.6. The summed E-state index contributed by atoms with van der Waals surface area (Å²) in [4.78, 5) is 66.9. The Morgan fingerprint density at radius 3 is 2.09 bits per heavy atom. The van der Waals surface area contributed by atoms with E-state index in [4.69, 9.17) is 5.73 Å². The second kappa shape index (κ2) is 19.5. The van der Waals surface area contributed by atoms with Crippen LogP contribution in [0.5, 0.6) is 0 Å². The minimum Gasteiger partial charge on any atom is -0.477 e. The fourth-order valence-corrected chi connectivity index (χ4v) is 9.24. The maximum absolute atomic E-state index is 14.0. The van der Waals surface area contributed by atoms with Gasteiger partial charge in [0.15, 0.2) is 0 Å². The molecule has 14 heteroatoms. The highest BCUT2D eigenvalue weighted by Crippen LogP contribution is 2.40. The second-order valence-corrected chi connectivity index (χ2v) is 16.0. The van der Waals surface area contributed by atoms with Gasteiger partial charge in [0, 0.05) is 43.2 Å². The zero-order valence-electron chi connectivity index (χ0n) is 30.8. The molecule has 4 amide bonds. The molecule has 1 fully saturated rings. The van der Waals surface area contributed by atoms with Crippen molar-refractivity contribution in [1.29, 1.82) is 0 Å². The van der Waals surface area contributed by atoms with Crippen molar-refractivity contribution in [3.63, 3.8) is 0 Å². The van der Waals surface area contributed by atoms with Crippen LogP contribution < -0.4 is 27.0 Å². The summed E-state index contributed by atoms with van der Waals surface area (Å²) < 4.78 is 0. The number of carboxylic acid groups (broad SMARTS) is 1. The molecule has 4 aromatic carbocycles. The second-order valence-electron chi connectivity index (χ2n) is 13.8. The largest absolute Gasteiger partial charge is 0.477 e. The third kappa shape index (κ3) is 10.7. The van der Waals surface area contributed by atoms with Crippen LogP contribution in [0.2, 0.25) is 0 Å². The van der Waals surface area contributed by atoms with Gasteiger partial charge in [0.2, 0.25) is 23.6 Å². The van der Waals surface area contributed by atoms with Crippen LogP contribution in [-0.2, 0) is 43.2 Å². The molecule has 0 unspecified atom stereocenters. The Morgan fingerprint density at radius 1 is 0.786 bits per heavy atom. The van der Waals surface area contributed by atoms with Crippen molar-refractivity contribution >= 4 is 63.9 Å². The van der Waals surface area contributed by atoms with Crippen molar-refractivity contribution in [2.75, 3.05) is 36.9 Å². The third-order valence-corrected chi connectivity index (χ3v) is 12.2. The first-order valence-corrected chi connectivity index (χ1v) is 20.7. The molecule has 7 N–H and O–H groups in total. The number of nitrogens with two attached hydrogens (primary N) is 1. The summed E-state index contributed by atoms with van der Waals surface area (Å²) in [5, 5.41) is 23.6. The van der Waals surface area contributed by atoms with E-state index in [-0.39, 0.29) is 60.6 Å². The van der Waals surface area contributed by atoms with E-state index in [2.05, 4.69) is 21.3 Å². The molecule has 1 saturated heterocycles. The fourth-order valence-electron chi connectivity index (χ4n) is 6.87. The van der Waals surface area contributed by atoms with E-state index >= 15 is 0 Å². The van der Waals surface area contributed by atoms with Gasteiger partial charge in [0.05, 0.1) is 24.4 Å². The van der Waals surface area contributed by atoms with Gasteiger partial charge < -0.3 is 37.0 Å². The van der Waals surface area contributed by atoms with Crippen molar-refractivity contribution in [3.05, 3.63) is 131 Å². The highest BCUT2D eigenvalue weighted by Gasteiger charge is 2.46. The quantitative estimate of drug-likeness (QED) is 0.0820. The fraction of sp³-hybridized carbons (Fsp3) is 0.310. The smallest absolute Gasteiger partial charge is 0.352 e. The van der Waals surface area contributed by atoms with Crippen LogP contribution in [0.1, 0.15) is 16.7 Å². The van der Waals surface area contributed by atoms with Gasteiger partial charge in [-0.1, -0.05) is 103 Å². The number of thioether (sulfide) groups is 2. The number of rotatable bonds is 18. The molecule has 4 aromatic rings. The predicted octanol–water partition coefficient (Wildman–Crippen LogP) is 2.86. The van der Waals surface area contributed by atoms with Crippen molar-refractivity contribution < 1.29 is 29.1 Å². The molecule has 12 nitrogen and oxygen atoms in total. The molecule has 4 atom stereocenters.